The second-order valence-corrected chi connectivity index (χ2v) is 6.34. The van der Waals surface area contributed by atoms with Crippen molar-refractivity contribution in [3.05, 3.63) is 29.3 Å². The van der Waals surface area contributed by atoms with E-state index in [4.69, 9.17) is 11.6 Å². The molecule has 1 saturated heterocycles. The summed E-state index contributed by atoms with van der Waals surface area (Å²) in [7, 11) is 3.83. The van der Waals surface area contributed by atoms with Gasteiger partial charge in [0.2, 0.25) is 5.91 Å². The van der Waals surface area contributed by atoms with Crippen LogP contribution in [-0.4, -0.2) is 55.6 Å². The van der Waals surface area contributed by atoms with Crippen molar-refractivity contribution < 1.29 is 14.4 Å². The average Bonchev–Trinajstić information content (AvgIpc) is 2.54. The van der Waals surface area contributed by atoms with Crippen LogP contribution in [0.3, 0.4) is 0 Å². The van der Waals surface area contributed by atoms with Gasteiger partial charge in [-0.2, -0.15) is 0 Å². The number of carbonyl (C=O) groups is 3. The van der Waals surface area contributed by atoms with Gasteiger partial charge in [0.25, 0.3) is 5.91 Å². The molecular formula is C17H21ClN4O3. The summed E-state index contributed by atoms with van der Waals surface area (Å²) in [4.78, 5) is 44.6. The molecule has 1 aromatic carbocycles. The number of carbonyl (C=O) groups excluding carboxylic acids is 3. The highest BCUT2D eigenvalue weighted by Crippen LogP contribution is 2.24. The fourth-order valence-corrected chi connectivity index (χ4v) is 2.63. The van der Waals surface area contributed by atoms with Crippen LogP contribution in [0.5, 0.6) is 0 Å². The number of hydrogen-bond donors (Lipinski definition) is 1. The predicted octanol–water partition coefficient (Wildman–Crippen LogP) is 1.95. The lowest BCUT2D eigenvalue weighted by Gasteiger charge is -2.30. The van der Waals surface area contributed by atoms with E-state index < -0.39 is 23.8 Å². The Morgan fingerprint density at radius 1 is 1.24 bits per heavy atom. The molecule has 0 spiro atoms. The summed E-state index contributed by atoms with van der Waals surface area (Å²) in [5, 5.41) is 2.73. The van der Waals surface area contributed by atoms with E-state index in [9.17, 15) is 14.4 Å². The number of amides is 4. The number of aliphatic imine (C=N–C) groups is 1. The van der Waals surface area contributed by atoms with Crippen molar-refractivity contribution in [3.8, 4) is 0 Å². The van der Waals surface area contributed by atoms with E-state index in [2.05, 4.69) is 10.3 Å². The minimum absolute atomic E-state index is 0.355. The molecule has 1 atom stereocenters. The molecule has 25 heavy (non-hydrogen) atoms. The summed E-state index contributed by atoms with van der Waals surface area (Å²) in [6, 6.07) is 5.50. The highest BCUT2D eigenvalue weighted by atomic mass is 35.5. The number of urea groups is 1. The van der Waals surface area contributed by atoms with E-state index in [0.29, 0.717) is 35.9 Å². The zero-order chi connectivity index (χ0) is 18.6. The number of nitrogens with zero attached hydrogens (tertiary/aromatic N) is 3. The van der Waals surface area contributed by atoms with Gasteiger partial charge in [0.05, 0.1) is 12.2 Å². The van der Waals surface area contributed by atoms with Gasteiger partial charge in [-0.05, 0) is 44.8 Å². The fourth-order valence-electron chi connectivity index (χ4n) is 2.50. The smallest absolute Gasteiger partial charge is 0.308 e. The van der Waals surface area contributed by atoms with Crippen LogP contribution >= 0.6 is 11.6 Å². The van der Waals surface area contributed by atoms with E-state index in [1.165, 1.54) is 0 Å². The molecule has 8 heteroatoms. The molecular weight excluding hydrogens is 344 g/mol. The molecule has 4 amide bonds. The van der Waals surface area contributed by atoms with Gasteiger partial charge in [-0.1, -0.05) is 18.5 Å². The molecule has 1 aliphatic heterocycles. The van der Waals surface area contributed by atoms with Crippen LogP contribution in [0.1, 0.15) is 13.3 Å². The largest absolute Gasteiger partial charge is 0.335 e. The Morgan fingerprint density at radius 3 is 2.44 bits per heavy atom. The number of hydrogen-bond acceptors (Lipinski definition) is 5. The second kappa shape index (κ2) is 8.22. The molecule has 0 aliphatic carbocycles. The molecule has 0 saturated carbocycles. The van der Waals surface area contributed by atoms with Gasteiger partial charge in [-0.25, -0.2) is 9.69 Å². The first-order chi connectivity index (χ1) is 11.8. The van der Waals surface area contributed by atoms with Crippen LogP contribution in [0.25, 0.3) is 0 Å². The molecule has 7 nitrogen and oxygen atoms in total. The van der Waals surface area contributed by atoms with Gasteiger partial charge in [0, 0.05) is 17.3 Å². The SMILES string of the molecule is CCC(=NCCN(C)C)C1C(=O)NC(=O)N(c2ccc(Cl)cc2)C1=O. The maximum atomic E-state index is 12.8. The number of rotatable bonds is 6. The highest BCUT2D eigenvalue weighted by Gasteiger charge is 2.43. The summed E-state index contributed by atoms with van der Waals surface area (Å²) in [6.45, 7) is 3.01. The molecule has 0 bridgehead atoms. The first-order valence-corrected chi connectivity index (χ1v) is 8.35. The van der Waals surface area contributed by atoms with E-state index in [1.807, 2.05) is 25.9 Å². The summed E-state index contributed by atoms with van der Waals surface area (Å²) >= 11 is 5.85. The van der Waals surface area contributed by atoms with Gasteiger partial charge < -0.3 is 4.90 Å². The maximum absolute atomic E-state index is 12.8. The Hall–Kier alpha value is -2.25. The maximum Gasteiger partial charge on any atom is 0.335 e. The average molecular weight is 365 g/mol. The van der Waals surface area contributed by atoms with Gasteiger partial charge in [0.1, 0.15) is 0 Å². The van der Waals surface area contributed by atoms with Crippen molar-refractivity contribution in [2.75, 3.05) is 32.1 Å². The molecule has 134 valence electrons. The summed E-state index contributed by atoms with van der Waals surface area (Å²) in [5.74, 6) is -2.33. The van der Waals surface area contributed by atoms with E-state index in [0.717, 1.165) is 4.90 Å². The molecule has 1 fully saturated rings. The number of anilines is 1. The number of imide groups is 2. The molecule has 2 rings (SSSR count). The summed E-state index contributed by atoms with van der Waals surface area (Å²) in [5.41, 5.74) is 0.823. The van der Waals surface area contributed by atoms with Crippen molar-refractivity contribution in [3.63, 3.8) is 0 Å². The zero-order valence-corrected chi connectivity index (χ0v) is 15.2. The van der Waals surface area contributed by atoms with Gasteiger partial charge in [-0.3, -0.25) is 19.9 Å². The monoisotopic (exact) mass is 364 g/mol. The lowest BCUT2D eigenvalue weighted by atomic mass is 9.96. The van der Waals surface area contributed by atoms with Crippen LogP contribution in [0.15, 0.2) is 29.3 Å². The number of halogens is 1. The van der Waals surface area contributed by atoms with E-state index in [-0.39, 0.29) is 0 Å². The normalized spacial score (nSPS) is 18.8. The standard InChI is InChI=1S/C17H21ClN4O3/c1-4-13(19-9-10-21(2)3)14-15(23)20-17(25)22(16(14)24)12-7-5-11(18)6-8-12/h5-8,14H,4,9-10H2,1-3H3,(H,20,23,25). The molecule has 1 unspecified atom stereocenters. The first kappa shape index (κ1) is 19.1. The summed E-state index contributed by atoms with van der Waals surface area (Å²) < 4.78 is 0. The van der Waals surface area contributed by atoms with Crippen molar-refractivity contribution in [1.82, 2.24) is 10.2 Å². The van der Waals surface area contributed by atoms with Crippen LogP contribution in [0, 0.1) is 5.92 Å². The lowest BCUT2D eigenvalue weighted by molar-refractivity contribution is -0.131. The predicted molar refractivity (Wildman–Crippen MR) is 97.1 cm³/mol. The third kappa shape index (κ3) is 4.43. The Balaban J connectivity index is 2.31. The number of nitrogens with one attached hydrogen (secondary N) is 1. The molecule has 1 heterocycles. The van der Waals surface area contributed by atoms with E-state index in [1.54, 1.807) is 24.3 Å². The molecule has 1 aliphatic rings. The Labute approximate surface area is 151 Å². The number of benzene rings is 1. The quantitative estimate of drug-likeness (QED) is 0.618. The van der Waals surface area contributed by atoms with E-state index >= 15 is 0 Å². The first-order valence-electron chi connectivity index (χ1n) is 7.97. The highest BCUT2D eigenvalue weighted by molar-refractivity contribution is 6.35. The zero-order valence-electron chi connectivity index (χ0n) is 14.5. The number of likely N-dealkylation sites (N-methyl/N-ethyl adjacent to an activating group) is 1. The van der Waals surface area contributed by atoms with Crippen LogP contribution in [-0.2, 0) is 9.59 Å². The van der Waals surface area contributed by atoms with Gasteiger partial charge >= 0.3 is 6.03 Å². The minimum Gasteiger partial charge on any atom is -0.308 e. The van der Waals surface area contributed by atoms with Crippen molar-refractivity contribution in [1.29, 1.82) is 0 Å². The second-order valence-electron chi connectivity index (χ2n) is 5.91. The third-order valence-electron chi connectivity index (χ3n) is 3.81. The molecule has 1 aromatic rings. The lowest BCUT2D eigenvalue weighted by Crippen LogP contribution is -2.60. The molecule has 0 aromatic heterocycles. The van der Waals surface area contributed by atoms with Crippen LogP contribution in [0.2, 0.25) is 5.02 Å². The van der Waals surface area contributed by atoms with Crippen LogP contribution < -0.4 is 10.2 Å². The Bertz CT molecular complexity index is 700. The number of barbiturate groups is 1. The molecule has 0 radical (unpaired) electrons. The topological polar surface area (TPSA) is 82.1 Å². The fraction of sp³-hybridized carbons (Fsp3) is 0.412. The summed E-state index contributed by atoms with van der Waals surface area (Å²) in [6.07, 6.45) is 0.444. The minimum atomic E-state index is -1.10. The van der Waals surface area contributed by atoms with Crippen molar-refractivity contribution >= 4 is 40.8 Å². The third-order valence-corrected chi connectivity index (χ3v) is 4.06. The Kier molecular flexibility index (Phi) is 6.27. The van der Waals surface area contributed by atoms with Crippen LogP contribution in [0.4, 0.5) is 10.5 Å². The van der Waals surface area contributed by atoms with Gasteiger partial charge in [0.15, 0.2) is 5.92 Å². The van der Waals surface area contributed by atoms with Gasteiger partial charge in [-0.15, -0.1) is 0 Å². The Morgan fingerprint density at radius 2 is 1.88 bits per heavy atom. The van der Waals surface area contributed by atoms with Crippen molar-refractivity contribution in [2.24, 2.45) is 10.9 Å². The van der Waals surface area contributed by atoms with Crippen molar-refractivity contribution in [2.45, 2.75) is 13.3 Å². The molecule has 1 N–H and O–H groups in total.